The quantitative estimate of drug-likeness (QED) is 0.527. The van der Waals surface area contributed by atoms with E-state index in [1.54, 1.807) is 6.07 Å². The van der Waals surface area contributed by atoms with E-state index in [-0.39, 0.29) is 12.6 Å². The van der Waals surface area contributed by atoms with E-state index in [2.05, 4.69) is 54.8 Å². The summed E-state index contributed by atoms with van der Waals surface area (Å²) >= 11 is 0. The molecular formula is C25H27F3N6. The minimum absolute atomic E-state index is 0.182. The van der Waals surface area contributed by atoms with Crippen LogP contribution in [0.25, 0.3) is 0 Å². The number of hydrogen-bond donors (Lipinski definition) is 2. The first-order valence-corrected chi connectivity index (χ1v) is 11.7. The van der Waals surface area contributed by atoms with Crippen molar-refractivity contribution < 1.29 is 13.2 Å². The van der Waals surface area contributed by atoms with Crippen LogP contribution in [0.5, 0.6) is 0 Å². The van der Waals surface area contributed by atoms with Gasteiger partial charge in [0, 0.05) is 25.7 Å². The fourth-order valence-corrected chi connectivity index (χ4v) is 4.63. The van der Waals surface area contributed by atoms with Gasteiger partial charge in [0.05, 0.1) is 5.56 Å². The lowest BCUT2D eigenvalue weighted by atomic mass is 10.1. The Labute approximate surface area is 196 Å². The number of anilines is 3. The van der Waals surface area contributed by atoms with Crippen LogP contribution in [-0.2, 0) is 25.6 Å². The lowest BCUT2D eigenvalue weighted by Crippen LogP contribution is -2.32. The number of hydrogen-bond acceptors (Lipinski definition) is 6. The van der Waals surface area contributed by atoms with Crippen molar-refractivity contribution in [3.8, 4) is 0 Å². The highest BCUT2D eigenvalue weighted by atomic mass is 19.4. The molecule has 0 unspecified atom stereocenters. The standard InChI is InChI=1S/C25H27F3N6/c26-25(27,28)20-10-6-7-17(13-20)16-29-22-31-23(33-24(32-22)34-11-4-1-5-12-34)30-21-14-18-8-2-3-9-19(18)15-21/h2-3,6-10,13,21H,1,4-5,11-12,14-16H2,(H2,29,30,31,32,33). The summed E-state index contributed by atoms with van der Waals surface area (Å²) in [4.78, 5) is 16.0. The summed E-state index contributed by atoms with van der Waals surface area (Å²) in [6, 6.07) is 13.9. The smallest absolute Gasteiger partial charge is 0.351 e. The zero-order chi connectivity index (χ0) is 23.5. The Kier molecular flexibility index (Phi) is 6.26. The topological polar surface area (TPSA) is 66.0 Å². The molecule has 0 bridgehead atoms. The van der Waals surface area contributed by atoms with Gasteiger partial charge in [0.25, 0.3) is 0 Å². The van der Waals surface area contributed by atoms with Gasteiger partial charge in [-0.2, -0.15) is 28.1 Å². The summed E-state index contributed by atoms with van der Waals surface area (Å²) in [6.45, 7) is 1.94. The van der Waals surface area contributed by atoms with E-state index >= 15 is 0 Å². The van der Waals surface area contributed by atoms with Crippen molar-refractivity contribution in [3.05, 3.63) is 70.8 Å². The summed E-state index contributed by atoms with van der Waals surface area (Å²) in [5, 5.41) is 6.56. The van der Waals surface area contributed by atoms with Crippen LogP contribution in [0.3, 0.4) is 0 Å². The number of nitrogens with zero attached hydrogens (tertiary/aromatic N) is 4. The molecule has 6 nitrogen and oxygen atoms in total. The minimum Gasteiger partial charge on any atom is -0.351 e. The Balaban J connectivity index is 1.35. The summed E-state index contributed by atoms with van der Waals surface area (Å²) in [7, 11) is 0. The van der Waals surface area contributed by atoms with Crippen LogP contribution in [0.15, 0.2) is 48.5 Å². The maximum atomic E-state index is 13.1. The monoisotopic (exact) mass is 468 g/mol. The van der Waals surface area contributed by atoms with Gasteiger partial charge in [-0.1, -0.05) is 36.4 Å². The molecule has 0 amide bonds. The second-order valence-corrected chi connectivity index (χ2v) is 8.90. The first kappa shape index (κ1) is 22.4. The van der Waals surface area contributed by atoms with Crippen LogP contribution < -0.4 is 15.5 Å². The molecule has 1 fully saturated rings. The molecule has 2 heterocycles. The zero-order valence-electron chi connectivity index (χ0n) is 18.8. The first-order chi connectivity index (χ1) is 16.4. The fraction of sp³-hybridized carbons (Fsp3) is 0.400. The van der Waals surface area contributed by atoms with Crippen LogP contribution in [0.4, 0.5) is 31.0 Å². The Morgan fingerprint density at radius 1 is 0.853 bits per heavy atom. The molecular weight excluding hydrogens is 441 g/mol. The van der Waals surface area contributed by atoms with Crippen LogP contribution in [-0.4, -0.2) is 34.1 Å². The normalized spacial score (nSPS) is 16.4. The Morgan fingerprint density at radius 3 is 2.26 bits per heavy atom. The van der Waals surface area contributed by atoms with E-state index in [1.165, 1.54) is 23.6 Å². The Morgan fingerprint density at radius 2 is 1.56 bits per heavy atom. The number of halogens is 3. The second-order valence-electron chi connectivity index (χ2n) is 8.90. The lowest BCUT2D eigenvalue weighted by molar-refractivity contribution is -0.137. The molecule has 0 spiro atoms. The van der Waals surface area contributed by atoms with E-state index in [0.717, 1.165) is 50.9 Å². The Hall–Kier alpha value is -3.36. The number of alkyl halides is 3. The molecule has 9 heteroatoms. The highest BCUT2D eigenvalue weighted by molar-refractivity contribution is 5.46. The molecule has 0 radical (unpaired) electrons. The minimum atomic E-state index is -4.37. The van der Waals surface area contributed by atoms with E-state index in [9.17, 15) is 13.2 Å². The molecule has 5 rings (SSSR count). The van der Waals surface area contributed by atoms with Crippen LogP contribution in [0.1, 0.15) is 41.5 Å². The summed E-state index contributed by atoms with van der Waals surface area (Å²) in [5.41, 5.74) is 2.50. The third-order valence-electron chi connectivity index (χ3n) is 6.35. The predicted octanol–water partition coefficient (Wildman–Crippen LogP) is 5.07. The highest BCUT2D eigenvalue weighted by Gasteiger charge is 2.30. The molecule has 34 heavy (non-hydrogen) atoms. The molecule has 2 aromatic carbocycles. The maximum Gasteiger partial charge on any atom is 0.416 e. The number of aromatic nitrogens is 3. The van der Waals surface area contributed by atoms with Crippen molar-refractivity contribution in [2.24, 2.45) is 0 Å². The maximum absolute atomic E-state index is 13.1. The van der Waals surface area contributed by atoms with Crippen molar-refractivity contribution in [2.75, 3.05) is 28.6 Å². The number of rotatable bonds is 6. The molecule has 3 aromatic rings. The van der Waals surface area contributed by atoms with Crippen molar-refractivity contribution >= 4 is 17.8 Å². The van der Waals surface area contributed by atoms with E-state index in [0.29, 0.717) is 23.4 Å². The largest absolute Gasteiger partial charge is 0.416 e. The summed E-state index contributed by atoms with van der Waals surface area (Å²) < 4.78 is 39.2. The molecule has 2 aliphatic rings. The van der Waals surface area contributed by atoms with Crippen LogP contribution in [0.2, 0.25) is 0 Å². The van der Waals surface area contributed by atoms with Gasteiger partial charge in [0.1, 0.15) is 0 Å². The van der Waals surface area contributed by atoms with E-state index < -0.39 is 11.7 Å². The fourth-order valence-electron chi connectivity index (χ4n) is 4.63. The molecule has 2 N–H and O–H groups in total. The van der Waals surface area contributed by atoms with Crippen molar-refractivity contribution in [1.29, 1.82) is 0 Å². The lowest BCUT2D eigenvalue weighted by Gasteiger charge is -2.27. The van der Waals surface area contributed by atoms with Crippen molar-refractivity contribution in [1.82, 2.24) is 15.0 Å². The number of benzene rings is 2. The predicted molar refractivity (Wildman–Crippen MR) is 126 cm³/mol. The zero-order valence-corrected chi connectivity index (χ0v) is 18.8. The highest BCUT2D eigenvalue weighted by Crippen LogP contribution is 2.30. The van der Waals surface area contributed by atoms with Gasteiger partial charge < -0.3 is 15.5 Å². The van der Waals surface area contributed by atoms with Crippen molar-refractivity contribution in [3.63, 3.8) is 0 Å². The number of nitrogens with one attached hydrogen (secondary N) is 2. The second kappa shape index (κ2) is 9.48. The molecule has 0 atom stereocenters. The van der Waals surface area contributed by atoms with E-state index in [1.807, 2.05) is 0 Å². The third kappa shape index (κ3) is 5.24. The first-order valence-electron chi connectivity index (χ1n) is 11.7. The summed E-state index contributed by atoms with van der Waals surface area (Å²) in [5.74, 6) is 1.44. The average molecular weight is 469 g/mol. The van der Waals surface area contributed by atoms with Gasteiger partial charge in [-0.05, 0) is 60.9 Å². The average Bonchev–Trinajstić information content (AvgIpc) is 3.25. The van der Waals surface area contributed by atoms with Gasteiger partial charge in [0.2, 0.25) is 17.8 Å². The number of piperidine rings is 1. The Bertz CT molecular complexity index is 1120. The molecule has 1 saturated heterocycles. The van der Waals surface area contributed by atoms with Gasteiger partial charge in [-0.25, -0.2) is 0 Å². The van der Waals surface area contributed by atoms with Gasteiger partial charge in [0.15, 0.2) is 0 Å². The van der Waals surface area contributed by atoms with Gasteiger partial charge in [-0.3, -0.25) is 0 Å². The molecule has 0 saturated carbocycles. The third-order valence-corrected chi connectivity index (χ3v) is 6.35. The molecule has 178 valence electrons. The number of fused-ring (bicyclic) bond motifs is 1. The molecule has 1 aromatic heterocycles. The van der Waals surface area contributed by atoms with Crippen LogP contribution in [0, 0.1) is 0 Å². The summed E-state index contributed by atoms with van der Waals surface area (Å²) in [6.07, 6.45) is 0.773. The molecule has 1 aliphatic heterocycles. The van der Waals surface area contributed by atoms with E-state index in [4.69, 9.17) is 0 Å². The van der Waals surface area contributed by atoms with Gasteiger partial charge in [-0.15, -0.1) is 0 Å². The van der Waals surface area contributed by atoms with Gasteiger partial charge >= 0.3 is 6.18 Å². The van der Waals surface area contributed by atoms with Crippen molar-refractivity contribution in [2.45, 2.75) is 50.9 Å². The molecule has 1 aliphatic carbocycles. The van der Waals surface area contributed by atoms with Crippen LogP contribution >= 0.6 is 0 Å². The SMILES string of the molecule is FC(F)(F)c1cccc(CNc2nc(NC3Cc4ccccc4C3)nc(N3CCCCC3)n2)c1.